The van der Waals surface area contributed by atoms with E-state index in [-0.39, 0.29) is 24.2 Å². The van der Waals surface area contributed by atoms with Crippen molar-refractivity contribution < 1.29 is 18.7 Å². The summed E-state index contributed by atoms with van der Waals surface area (Å²) in [6, 6.07) is 13.6. The third-order valence-corrected chi connectivity index (χ3v) is 4.37. The molecule has 1 saturated heterocycles. The largest absolute Gasteiger partial charge is 0.444 e. The topological polar surface area (TPSA) is 58.6 Å². The van der Waals surface area contributed by atoms with E-state index >= 15 is 0 Å². The fourth-order valence-corrected chi connectivity index (χ4v) is 3.10. The van der Waals surface area contributed by atoms with Gasteiger partial charge in [-0.3, -0.25) is 4.79 Å². The molecular weight excluding hydrogens is 371 g/mol. The number of alkyl carbamates (subject to hydrolysis) is 1. The Morgan fingerprint density at radius 2 is 1.83 bits per heavy atom. The van der Waals surface area contributed by atoms with Crippen LogP contribution in [0.1, 0.15) is 38.3 Å². The number of carbonyl (C=O) groups excluding carboxylic acids is 2. The molecule has 0 spiro atoms. The summed E-state index contributed by atoms with van der Waals surface area (Å²) in [5.41, 5.74) is 1.90. The van der Waals surface area contributed by atoms with Crippen molar-refractivity contribution in [2.24, 2.45) is 0 Å². The zero-order chi connectivity index (χ0) is 21.0. The molecule has 5 nitrogen and oxygen atoms in total. The highest BCUT2D eigenvalue weighted by Gasteiger charge is 2.32. The lowest BCUT2D eigenvalue weighted by Gasteiger charge is -2.22. The molecule has 1 N–H and O–H groups in total. The minimum atomic E-state index is -0.582. The van der Waals surface area contributed by atoms with E-state index in [1.807, 2.05) is 42.5 Å². The number of ether oxygens (including phenoxy) is 1. The van der Waals surface area contributed by atoms with Crippen molar-refractivity contribution in [2.45, 2.75) is 38.8 Å². The van der Waals surface area contributed by atoms with E-state index in [9.17, 15) is 14.0 Å². The van der Waals surface area contributed by atoms with Crippen molar-refractivity contribution in [3.05, 3.63) is 65.5 Å². The highest BCUT2D eigenvalue weighted by molar-refractivity contribution is 5.96. The Hall–Kier alpha value is -3.15. The number of amides is 2. The molecule has 152 valence electrons. The molecule has 29 heavy (non-hydrogen) atoms. The van der Waals surface area contributed by atoms with E-state index in [0.29, 0.717) is 6.54 Å². The van der Waals surface area contributed by atoms with Gasteiger partial charge in [-0.1, -0.05) is 36.4 Å². The Morgan fingerprint density at radius 3 is 2.48 bits per heavy atom. The quantitative estimate of drug-likeness (QED) is 0.767. The first-order chi connectivity index (χ1) is 13.7. The van der Waals surface area contributed by atoms with Crippen LogP contribution in [0, 0.1) is 5.82 Å². The van der Waals surface area contributed by atoms with Crippen LogP contribution in [-0.4, -0.2) is 30.2 Å². The normalized spacial score (nSPS) is 17.0. The van der Waals surface area contributed by atoms with Crippen molar-refractivity contribution in [2.75, 3.05) is 11.4 Å². The summed E-state index contributed by atoms with van der Waals surface area (Å²) >= 11 is 0. The van der Waals surface area contributed by atoms with Gasteiger partial charge in [-0.2, -0.15) is 0 Å². The lowest BCUT2D eigenvalue weighted by Crippen LogP contribution is -2.40. The van der Waals surface area contributed by atoms with Gasteiger partial charge in [0.15, 0.2) is 0 Å². The van der Waals surface area contributed by atoms with Gasteiger partial charge in [0, 0.05) is 18.7 Å². The van der Waals surface area contributed by atoms with E-state index in [0.717, 1.165) is 16.8 Å². The average Bonchev–Trinajstić information content (AvgIpc) is 2.99. The number of benzene rings is 2. The predicted molar refractivity (Wildman–Crippen MR) is 112 cm³/mol. The molecular formula is C23H25FN2O3. The number of hydrogen-bond acceptors (Lipinski definition) is 3. The van der Waals surface area contributed by atoms with Gasteiger partial charge < -0.3 is 15.0 Å². The molecule has 6 heteroatoms. The lowest BCUT2D eigenvalue weighted by molar-refractivity contribution is -0.117. The van der Waals surface area contributed by atoms with Crippen LogP contribution in [0.5, 0.6) is 0 Å². The Morgan fingerprint density at radius 1 is 1.14 bits per heavy atom. The van der Waals surface area contributed by atoms with E-state index in [2.05, 4.69) is 5.32 Å². The Kier molecular flexibility index (Phi) is 6.01. The molecule has 1 atom stereocenters. The van der Waals surface area contributed by atoms with Crippen LogP contribution in [0.4, 0.5) is 14.9 Å². The average molecular weight is 396 g/mol. The molecule has 1 heterocycles. The SMILES string of the molecule is CC(C)(C)OC(=O)N[C@@H]1CC(=O)N(c2ccc(/C=C/c3cccc(F)c3)cc2)C1. The molecule has 0 saturated carbocycles. The molecule has 1 aliphatic heterocycles. The number of hydrogen-bond donors (Lipinski definition) is 1. The van der Waals surface area contributed by atoms with Crippen LogP contribution in [0.25, 0.3) is 12.2 Å². The summed E-state index contributed by atoms with van der Waals surface area (Å²) in [6.45, 7) is 5.78. The van der Waals surface area contributed by atoms with Crippen LogP contribution in [-0.2, 0) is 9.53 Å². The fraction of sp³-hybridized carbons (Fsp3) is 0.304. The first kappa shape index (κ1) is 20.6. The van der Waals surface area contributed by atoms with Gasteiger partial charge in [0.1, 0.15) is 11.4 Å². The Bertz CT molecular complexity index is 916. The zero-order valence-electron chi connectivity index (χ0n) is 16.8. The highest BCUT2D eigenvalue weighted by atomic mass is 19.1. The number of rotatable bonds is 4. The van der Waals surface area contributed by atoms with Gasteiger partial charge in [-0.25, -0.2) is 9.18 Å². The molecule has 0 aliphatic carbocycles. The summed E-state index contributed by atoms with van der Waals surface area (Å²) < 4.78 is 18.5. The van der Waals surface area contributed by atoms with E-state index in [1.54, 1.807) is 31.7 Å². The highest BCUT2D eigenvalue weighted by Crippen LogP contribution is 2.23. The Balaban J connectivity index is 1.61. The number of nitrogens with one attached hydrogen (secondary N) is 1. The van der Waals surface area contributed by atoms with Gasteiger partial charge in [0.2, 0.25) is 5.91 Å². The Labute approximate surface area is 170 Å². The first-order valence-electron chi connectivity index (χ1n) is 9.53. The molecule has 1 fully saturated rings. The van der Waals surface area contributed by atoms with Crippen LogP contribution >= 0.6 is 0 Å². The summed E-state index contributed by atoms with van der Waals surface area (Å²) in [4.78, 5) is 25.9. The van der Waals surface area contributed by atoms with Gasteiger partial charge >= 0.3 is 6.09 Å². The number of halogens is 1. The van der Waals surface area contributed by atoms with Gasteiger partial charge in [0.05, 0.1) is 6.04 Å². The molecule has 0 bridgehead atoms. The molecule has 2 aromatic carbocycles. The van der Waals surface area contributed by atoms with E-state index < -0.39 is 11.7 Å². The molecule has 2 aromatic rings. The van der Waals surface area contributed by atoms with Crippen molar-refractivity contribution in [3.8, 4) is 0 Å². The van der Waals surface area contributed by atoms with Crippen molar-refractivity contribution in [3.63, 3.8) is 0 Å². The monoisotopic (exact) mass is 396 g/mol. The van der Waals surface area contributed by atoms with Gasteiger partial charge in [-0.15, -0.1) is 0 Å². The standard InChI is InChI=1S/C23H25FN2O3/c1-23(2,3)29-22(28)25-19-14-21(27)26(15-19)20-11-9-16(10-12-20)7-8-17-5-4-6-18(24)13-17/h4-13,19H,14-15H2,1-3H3,(H,25,28)/b8-7+/t19-/m1/s1. The summed E-state index contributed by atoms with van der Waals surface area (Å²) in [5.74, 6) is -0.321. The van der Waals surface area contributed by atoms with E-state index in [1.165, 1.54) is 12.1 Å². The fourth-order valence-electron chi connectivity index (χ4n) is 3.10. The van der Waals surface area contributed by atoms with Crippen LogP contribution in [0.3, 0.4) is 0 Å². The molecule has 1 aliphatic rings. The molecule has 0 aromatic heterocycles. The minimum Gasteiger partial charge on any atom is -0.444 e. The first-order valence-corrected chi connectivity index (χ1v) is 9.53. The van der Waals surface area contributed by atoms with Crippen LogP contribution in [0.2, 0.25) is 0 Å². The third-order valence-electron chi connectivity index (χ3n) is 4.37. The number of anilines is 1. The number of nitrogens with zero attached hydrogens (tertiary/aromatic N) is 1. The van der Waals surface area contributed by atoms with Gasteiger partial charge in [0.25, 0.3) is 0 Å². The summed E-state index contributed by atoms with van der Waals surface area (Å²) in [7, 11) is 0. The predicted octanol–water partition coefficient (Wildman–Crippen LogP) is 4.63. The third kappa shape index (κ3) is 5.91. The maximum atomic E-state index is 13.2. The van der Waals surface area contributed by atoms with E-state index in [4.69, 9.17) is 4.74 Å². The zero-order valence-corrected chi connectivity index (χ0v) is 16.8. The lowest BCUT2D eigenvalue weighted by atomic mass is 10.1. The second-order valence-electron chi connectivity index (χ2n) is 8.03. The molecule has 3 rings (SSSR count). The molecule has 0 unspecified atom stereocenters. The van der Waals surface area contributed by atoms with Crippen molar-refractivity contribution in [1.29, 1.82) is 0 Å². The van der Waals surface area contributed by atoms with Crippen LogP contribution in [0.15, 0.2) is 48.5 Å². The number of carbonyl (C=O) groups is 2. The smallest absolute Gasteiger partial charge is 0.407 e. The molecule has 0 radical (unpaired) electrons. The second-order valence-corrected chi connectivity index (χ2v) is 8.03. The van der Waals surface area contributed by atoms with Crippen LogP contribution < -0.4 is 10.2 Å². The van der Waals surface area contributed by atoms with Crippen molar-refractivity contribution in [1.82, 2.24) is 5.32 Å². The maximum absolute atomic E-state index is 13.2. The summed E-state index contributed by atoms with van der Waals surface area (Å²) in [6.07, 6.45) is 3.44. The van der Waals surface area contributed by atoms with Crippen molar-refractivity contribution >= 4 is 29.8 Å². The molecule has 2 amide bonds. The minimum absolute atomic E-state index is 0.0471. The second kappa shape index (κ2) is 8.47. The van der Waals surface area contributed by atoms with Gasteiger partial charge in [-0.05, 0) is 56.2 Å². The summed E-state index contributed by atoms with van der Waals surface area (Å²) in [5, 5.41) is 2.75. The maximum Gasteiger partial charge on any atom is 0.407 e.